The van der Waals surface area contributed by atoms with Crippen molar-refractivity contribution in [2.45, 2.75) is 6.54 Å². The summed E-state index contributed by atoms with van der Waals surface area (Å²) in [4.78, 5) is 22.6. The largest absolute Gasteiger partial charge is 0.313 e. The van der Waals surface area contributed by atoms with E-state index in [2.05, 4.69) is 15.0 Å². The normalized spacial score (nSPS) is 13.4. The SMILES string of the molecule is O=c1[nH]cnc2c1CN=C2c1ccccc1. The minimum Gasteiger partial charge on any atom is -0.313 e. The van der Waals surface area contributed by atoms with E-state index in [1.54, 1.807) is 0 Å². The molecule has 16 heavy (non-hydrogen) atoms. The fraction of sp³-hybridized carbons (Fsp3) is 0.0833. The molecule has 1 aliphatic rings. The number of aromatic amines is 1. The van der Waals surface area contributed by atoms with E-state index >= 15 is 0 Å². The van der Waals surface area contributed by atoms with E-state index in [-0.39, 0.29) is 5.56 Å². The lowest BCUT2D eigenvalue weighted by molar-refractivity contribution is 1.00. The van der Waals surface area contributed by atoms with Gasteiger partial charge in [-0.2, -0.15) is 0 Å². The van der Waals surface area contributed by atoms with E-state index in [0.29, 0.717) is 17.8 Å². The van der Waals surface area contributed by atoms with Crippen molar-refractivity contribution in [3.63, 3.8) is 0 Å². The van der Waals surface area contributed by atoms with Crippen molar-refractivity contribution in [3.8, 4) is 0 Å². The topological polar surface area (TPSA) is 58.1 Å². The van der Waals surface area contributed by atoms with Crippen molar-refractivity contribution in [2.75, 3.05) is 0 Å². The van der Waals surface area contributed by atoms with Crippen LogP contribution in [0.3, 0.4) is 0 Å². The molecule has 3 rings (SSSR count). The van der Waals surface area contributed by atoms with E-state index in [4.69, 9.17) is 0 Å². The molecule has 0 aliphatic carbocycles. The van der Waals surface area contributed by atoms with Gasteiger partial charge in [-0.3, -0.25) is 9.79 Å². The molecule has 0 amide bonds. The third kappa shape index (κ3) is 1.27. The number of benzene rings is 1. The van der Waals surface area contributed by atoms with Crippen LogP contribution < -0.4 is 5.56 Å². The molecule has 0 fully saturated rings. The Bertz CT molecular complexity index is 614. The van der Waals surface area contributed by atoms with Crippen LogP contribution in [0.15, 0.2) is 46.4 Å². The third-order valence-electron chi connectivity index (χ3n) is 2.62. The molecule has 0 spiro atoms. The van der Waals surface area contributed by atoms with Crippen LogP contribution in [-0.2, 0) is 6.54 Å². The zero-order valence-electron chi connectivity index (χ0n) is 8.47. The Kier molecular flexibility index (Phi) is 1.93. The summed E-state index contributed by atoms with van der Waals surface area (Å²) in [7, 11) is 0. The summed E-state index contributed by atoms with van der Waals surface area (Å²) in [5, 5.41) is 0. The molecule has 1 aliphatic heterocycles. The lowest BCUT2D eigenvalue weighted by Gasteiger charge is -2.01. The predicted octanol–water partition coefficient (Wildman–Crippen LogP) is 1.12. The summed E-state index contributed by atoms with van der Waals surface area (Å²) in [6.07, 6.45) is 1.42. The molecule has 1 N–H and O–H groups in total. The zero-order chi connectivity index (χ0) is 11.0. The molecule has 0 saturated heterocycles. The summed E-state index contributed by atoms with van der Waals surface area (Å²) in [6.45, 7) is 0.419. The highest BCUT2D eigenvalue weighted by molar-refractivity contribution is 6.13. The van der Waals surface area contributed by atoms with E-state index in [1.165, 1.54) is 6.33 Å². The molecule has 1 aromatic heterocycles. The molecular formula is C12H9N3O. The van der Waals surface area contributed by atoms with Gasteiger partial charge < -0.3 is 4.98 Å². The molecule has 0 saturated carbocycles. The average Bonchev–Trinajstić information content (AvgIpc) is 2.75. The van der Waals surface area contributed by atoms with Gasteiger partial charge in [0.25, 0.3) is 5.56 Å². The van der Waals surface area contributed by atoms with Crippen LogP contribution in [0.1, 0.15) is 16.8 Å². The number of hydrogen-bond donors (Lipinski definition) is 1. The molecule has 0 bridgehead atoms. The quantitative estimate of drug-likeness (QED) is 0.768. The molecule has 4 nitrogen and oxygen atoms in total. The number of aliphatic imine (C=N–C) groups is 1. The summed E-state index contributed by atoms with van der Waals surface area (Å²) in [5.41, 5.74) is 3.07. The summed E-state index contributed by atoms with van der Waals surface area (Å²) in [5.74, 6) is 0. The lowest BCUT2D eigenvalue weighted by Crippen LogP contribution is -2.15. The molecule has 2 heterocycles. The van der Waals surface area contributed by atoms with Crippen molar-refractivity contribution in [1.82, 2.24) is 9.97 Å². The van der Waals surface area contributed by atoms with Crippen LogP contribution in [0.25, 0.3) is 0 Å². The van der Waals surface area contributed by atoms with Gasteiger partial charge in [-0.15, -0.1) is 0 Å². The molecule has 0 unspecified atom stereocenters. The zero-order valence-corrected chi connectivity index (χ0v) is 8.47. The highest BCUT2D eigenvalue weighted by Crippen LogP contribution is 2.17. The van der Waals surface area contributed by atoms with Crippen LogP contribution in [0.2, 0.25) is 0 Å². The minimum atomic E-state index is -0.0975. The van der Waals surface area contributed by atoms with Gasteiger partial charge in [-0.1, -0.05) is 30.3 Å². The number of nitrogens with zero attached hydrogens (tertiary/aromatic N) is 2. The van der Waals surface area contributed by atoms with Crippen LogP contribution in [0, 0.1) is 0 Å². The van der Waals surface area contributed by atoms with Crippen LogP contribution in [-0.4, -0.2) is 15.7 Å². The third-order valence-corrected chi connectivity index (χ3v) is 2.62. The van der Waals surface area contributed by atoms with Crippen molar-refractivity contribution >= 4 is 5.71 Å². The van der Waals surface area contributed by atoms with Gasteiger partial charge in [0.15, 0.2) is 0 Å². The maximum atomic E-state index is 11.5. The smallest absolute Gasteiger partial charge is 0.256 e. The van der Waals surface area contributed by atoms with Crippen molar-refractivity contribution < 1.29 is 0 Å². The number of fused-ring (bicyclic) bond motifs is 1. The number of hydrogen-bond acceptors (Lipinski definition) is 3. The van der Waals surface area contributed by atoms with Gasteiger partial charge in [0.05, 0.1) is 24.1 Å². The van der Waals surface area contributed by atoms with Crippen LogP contribution >= 0.6 is 0 Å². The van der Waals surface area contributed by atoms with E-state index in [9.17, 15) is 4.79 Å². The van der Waals surface area contributed by atoms with Gasteiger partial charge in [-0.05, 0) is 0 Å². The van der Waals surface area contributed by atoms with Crippen molar-refractivity contribution in [2.24, 2.45) is 4.99 Å². The Balaban J connectivity index is 2.17. The number of H-pyrrole nitrogens is 1. The Hall–Kier alpha value is -2.23. The Morgan fingerprint density at radius 3 is 2.81 bits per heavy atom. The van der Waals surface area contributed by atoms with Crippen LogP contribution in [0.5, 0.6) is 0 Å². The van der Waals surface area contributed by atoms with Gasteiger partial charge in [-0.25, -0.2) is 4.98 Å². The molecular weight excluding hydrogens is 202 g/mol. The fourth-order valence-electron chi connectivity index (χ4n) is 1.84. The second-order valence-corrected chi connectivity index (χ2v) is 3.59. The predicted molar refractivity (Wildman–Crippen MR) is 60.6 cm³/mol. The minimum absolute atomic E-state index is 0.0975. The first-order valence-corrected chi connectivity index (χ1v) is 5.03. The van der Waals surface area contributed by atoms with E-state index in [0.717, 1.165) is 11.3 Å². The van der Waals surface area contributed by atoms with E-state index < -0.39 is 0 Å². The summed E-state index contributed by atoms with van der Waals surface area (Å²) >= 11 is 0. The second-order valence-electron chi connectivity index (χ2n) is 3.59. The molecule has 1 aromatic carbocycles. The summed E-state index contributed by atoms with van der Waals surface area (Å²) < 4.78 is 0. The van der Waals surface area contributed by atoms with Gasteiger partial charge in [0.1, 0.15) is 5.69 Å². The maximum absolute atomic E-state index is 11.5. The lowest BCUT2D eigenvalue weighted by atomic mass is 10.1. The Labute approximate surface area is 91.7 Å². The first-order valence-electron chi connectivity index (χ1n) is 5.03. The van der Waals surface area contributed by atoms with Gasteiger partial charge in [0, 0.05) is 5.56 Å². The first kappa shape index (κ1) is 9.03. The molecule has 78 valence electrons. The Morgan fingerprint density at radius 2 is 2.00 bits per heavy atom. The highest BCUT2D eigenvalue weighted by Gasteiger charge is 2.20. The molecule has 0 radical (unpaired) electrons. The van der Waals surface area contributed by atoms with E-state index in [1.807, 2.05) is 30.3 Å². The number of rotatable bonds is 1. The molecule has 4 heteroatoms. The van der Waals surface area contributed by atoms with Gasteiger partial charge in [0.2, 0.25) is 0 Å². The van der Waals surface area contributed by atoms with Crippen molar-refractivity contribution in [3.05, 3.63) is 63.8 Å². The average molecular weight is 211 g/mol. The number of aromatic nitrogens is 2. The summed E-state index contributed by atoms with van der Waals surface area (Å²) in [6, 6.07) is 9.78. The maximum Gasteiger partial charge on any atom is 0.256 e. The van der Waals surface area contributed by atoms with Gasteiger partial charge >= 0.3 is 0 Å². The standard InChI is InChI=1S/C12H9N3O/c16-12-9-6-13-10(11(9)14-7-15-12)8-4-2-1-3-5-8/h1-5,7H,6H2,(H,14,15,16). The Morgan fingerprint density at radius 1 is 1.19 bits per heavy atom. The second kappa shape index (κ2) is 3.41. The first-order chi connectivity index (χ1) is 7.86. The van der Waals surface area contributed by atoms with Crippen molar-refractivity contribution in [1.29, 1.82) is 0 Å². The van der Waals surface area contributed by atoms with Crippen LogP contribution in [0.4, 0.5) is 0 Å². The molecule has 0 atom stereocenters. The monoisotopic (exact) mass is 211 g/mol. The fourth-order valence-corrected chi connectivity index (χ4v) is 1.84. The molecule has 2 aromatic rings. The number of nitrogens with one attached hydrogen (secondary N) is 1. The highest BCUT2D eigenvalue weighted by atomic mass is 16.1.